The van der Waals surface area contributed by atoms with Crippen molar-refractivity contribution in [1.82, 2.24) is 10.7 Å². The van der Waals surface area contributed by atoms with Crippen LogP contribution in [0.25, 0.3) is 0 Å². The van der Waals surface area contributed by atoms with Gasteiger partial charge in [-0.15, -0.1) is 0 Å². The van der Waals surface area contributed by atoms with Crippen molar-refractivity contribution in [2.75, 3.05) is 11.9 Å². The summed E-state index contributed by atoms with van der Waals surface area (Å²) in [5.41, 5.74) is 4.23. The summed E-state index contributed by atoms with van der Waals surface area (Å²) in [4.78, 5) is 35.2. The summed E-state index contributed by atoms with van der Waals surface area (Å²) in [6.45, 7) is 8.21. The van der Waals surface area contributed by atoms with Gasteiger partial charge in [0.15, 0.2) is 0 Å². The van der Waals surface area contributed by atoms with Crippen molar-refractivity contribution < 1.29 is 14.4 Å². The molecule has 7 nitrogen and oxygen atoms in total. The third-order valence-electron chi connectivity index (χ3n) is 3.30. The Bertz CT molecular complexity index is 636. The zero-order chi connectivity index (χ0) is 18.8. The molecule has 0 fully saturated rings. The lowest BCUT2D eigenvalue weighted by Crippen LogP contribution is -2.33. The normalized spacial score (nSPS) is 11.2. The van der Waals surface area contributed by atoms with Crippen molar-refractivity contribution in [3.8, 4) is 0 Å². The summed E-state index contributed by atoms with van der Waals surface area (Å²) >= 11 is 0. The number of carbonyl (C=O) groups is 3. The van der Waals surface area contributed by atoms with Crippen molar-refractivity contribution in [2.45, 2.75) is 40.5 Å². The largest absolute Gasteiger partial charge is 0.356 e. The number of hydrogen-bond acceptors (Lipinski definition) is 4. The molecule has 0 saturated heterocycles. The van der Waals surface area contributed by atoms with Gasteiger partial charge in [0, 0.05) is 17.9 Å². The molecule has 0 saturated carbocycles. The van der Waals surface area contributed by atoms with Gasteiger partial charge in [-0.05, 0) is 37.0 Å². The molecule has 1 aromatic rings. The van der Waals surface area contributed by atoms with Crippen molar-refractivity contribution in [2.24, 2.45) is 11.0 Å². The SMILES string of the molecule is CCc1ccc(NC(=O)C(=O)N/N=C(\C)CC(=O)NCC(C)C)cc1. The van der Waals surface area contributed by atoms with E-state index in [4.69, 9.17) is 0 Å². The van der Waals surface area contributed by atoms with Crippen LogP contribution in [0.5, 0.6) is 0 Å². The van der Waals surface area contributed by atoms with Gasteiger partial charge in [0.2, 0.25) is 5.91 Å². The molecule has 0 heterocycles. The summed E-state index contributed by atoms with van der Waals surface area (Å²) in [6, 6.07) is 7.23. The highest BCUT2D eigenvalue weighted by molar-refractivity contribution is 6.39. The zero-order valence-corrected chi connectivity index (χ0v) is 15.2. The lowest BCUT2D eigenvalue weighted by Gasteiger charge is -2.07. The highest BCUT2D eigenvalue weighted by Crippen LogP contribution is 2.09. The predicted octanol–water partition coefficient (Wildman–Crippen LogP) is 1.84. The second kappa shape index (κ2) is 10.2. The molecule has 0 aromatic heterocycles. The number of amides is 3. The minimum atomic E-state index is -0.887. The van der Waals surface area contributed by atoms with Crippen LogP contribution in [-0.2, 0) is 20.8 Å². The lowest BCUT2D eigenvalue weighted by atomic mass is 10.1. The van der Waals surface area contributed by atoms with Gasteiger partial charge < -0.3 is 10.6 Å². The van der Waals surface area contributed by atoms with Crippen LogP contribution in [0.2, 0.25) is 0 Å². The van der Waals surface area contributed by atoms with E-state index < -0.39 is 11.8 Å². The second-order valence-electron chi connectivity index (χ2n) is 6.17. The van der Waals surface area contributed by atoms with Crippen LogP contribution in [0.4, 0.5) is 5.69 Å². The first-order chi connectivity index (χ1) is 11.8. The Morgan fingerprint density at radius 2 is 1.72 bits per heavy atom. The molecule has 0 unspecified atom stereocenters. The fourth-order valence-electron chi connectivity index (χ4n) is 1.86. The van der Waals surface area contributed by atoms with E-state index in [1.54, 1.807) is 19.1 Å². The smallest absolute Gasteiger partial charge is 0.329 e. The average molecular weight is 346 g/mol. The number of hydrogen-bond donors (Lipinski definition) is 3. The molecule has 0 spiro atoms. The van der Waals surface area contributed by atoms with Gasteiger partial charge >= 0.3 is 11.8 Å². The Kier molecular flexibility index (Phi) is 8.32. The number of carbonyl (C=O) groups excluding carboxylic acids is 3. The Balaban J connectivity index is 2.45. The average Bonchev–Trinajstić information content (AvgIpc) is 2.58. The summed E-state index contributed by atoms with van der Waals surface area (Å²) in [5.74, 6) is -1.52. The van der Waals surface area contributed by atoms with E-state index in [0.717, 1.165) is 12.0 Å². The van der Waals surface area contributed by atoms with Crippen molar-refractivity contribution in [1.29, 1.82) is 0 Å². The van der Waals surface area contributed by atoms with Crippen LogP contribution < -0.4 is 16.1 Å². The van der Waals surface area contributed by atoms with Crippen molar-refractivity contribution in [3.63, 3.8) is 0 Å². The number of rotatable bonds is 7. The minimum absolute atomic E-state index is 0.0626. The third kappa shape index (κ3) is 8.10. The van der Waals surface area contributed by atoms with Crippen LogP contribution in [0, 0.1) is 5.92 Å². The van der Waals surface area contributed by atoms with Crippen molar-refractivity contribution in [3.05, 3.63) is 29.8 Å². The Morgan fingerprint density at radius 3 is 2.28 bits per heavy atom. The van der Waals surface area contributed by atoms with Gasteiger partial charge in [0.05, 0.1) is 6.42 Å². The van der Waals surface area contributed by atoms with Gasteiger partial charge in [-0.1, -0.05) is 32.9 Å². The predicted molar refractivity (Wildman–Crippen MR) is 98.2 cm³/mol. The molecule has 0 aliphatic rings. The second-order valence-corrected chi connectivity index (χ2v) is 6.17. The van der Waals surface area contributed by atoms with Gasteiger partial charge in [-0.2, -0.15) is 5.10 Å². The summed E-state index contributed by atoms with van der Waals surface area (Å²) < 4.78 is 0. The molecule has 136 valence electrons. The molecule has 3 N–H and O–H groups in total. The first-order valence-electron chi connectivity index (χ1n) is 8.32. The summed E-state index contributed by atoms with van der Waals surface area (Å²) in [7, 11) is 0. The summed E-state index contributed by atoms with van der Waals surface area (Å²) in [5, 5.41) is 9.02. The number of nitrogens with one attached hydrogen (secondary N) is 3. The molecular weight excluding hydrogens is 320 g/mol. The standard InChI is InChI=1S/C18H26N4O3/c1-5-14-6-8-15(9-7-14)20-17(24)18(25)22-21-13(4)10-16(23)19-11-12(2)3/h6-9,12H,5,10-11H2,1-4H3,(H,19,23)(H,20,24)(H,22,25)/b21-13+. The van der Waals surface area contributed by atoms with E-state index in [-0.39, 0.29) is 12.3 Å². The minimum Gasteiger partial charge on any atom is -0.356 e. The first-order valence-corrected chi connectivity index (χ1v) is 8.32. The molecule has 0 aliphatic heterocycles. The third-order valence-corrected chi connectivity index (χ3v) is 3.30. The van der Waals surface area contributed by atoms with Crippen LogP contribution in [0.15, 0.2) is 29.4 Å². The van der Waals surface area contributed by atoms with Gasteiger partial charge in [-0.25, -0.2) is 5.43 Å². The quantitative estimate of drug-likeness (QED) is 0.399. The molecule has 7 heteroatoms. The molecule has 0 atom stereocenters. The maximum Gasteiger partial charge on any atom is 0.329 e. The molecule has 25 heavy (non-hydrogen) atoms. The number of nitrogens with zero attached hydrogens (tertiary/aromatic N) is 1. The van der Waals surface area contributed by atoms with E-state index in [2.05, 4.69) is 21.2 Å². The van der Waals surface area contributed by atoms with Crippen LogP contribution in [0.3, 0.4) is 0 Å². The highest BCUT2D eigenvalue weighted by atomic mass is 16.2. The van der Waals surface area contributed by atoms with Gasteiger partial charge in [0.1, 0.15) is 0 Å². The fraction of sp³-hybridized carbons (Fsp3) is 0.444. The molecule has 1 rings (SSSR count). The van der Waals surface area contributed by atoms with Crippen LogP contribution in [-0.4, -0.2) is 30.0 Å². The van der Waals surface area contributed by atoms with E-state index in [1.165, 1.54) is 0 Å². The topological polar surface area (TPSA) is 99.7 Å². The lowest BCUT2D eigenvalue weighted by molar-refractivity contribution is -0.136. The maximum atomic E-state index is 11.8. The highest BCUT2D eigenvalue weighted by Gasteiger charge is 2.13. The first kappa shape index (κ1) is 20.3. The number of aryl methyl sites for hydroxylation is 1. The van der Waals surface area contributed by atoms with E-state index in [1.807, 2.05) is 32.9 Å². The Labute approximate surface area is 148 Å². The van der Waals surface area contributed by atoms with Crippen LogP contribution in [0.1, 0.15) is 39.7 Å². The molecule has 3 amide bonds. The Morgan fingerprint density at radius 1 is 1.08 bits per heavy atom. The number of benzene rings is 1. The number of hydrazone groups is 1. The fourth-order valence-corrected chi connectivity index (χ4v) is 1.86. The molecule has 0 aliphatic carbocycles. The monoisotopic (exact) mass is 346 g/mol. The molecule has 0 bridgehead atoms. The van der Waals surface area contributed by atoms with Gasteiger partial charge in [-0.3, -0.25) is 14.4 Å². The van der Waals surface area contributed by atoms with Gasteiger partial charge in [0.25, 0.3) is 0 Å². The van der Waals surface area contributed by atoms with E-state index >= 15 is 0 Å². The van der Waals surface area contributed by atoms with E-state index in [9.17, 15) is 14.4 Å². The Hall–Kier alpha value is -2.70. The zero-order valence-electron chi connectivity index (χ0n) is 15.2. The molecule has 1 aromatic carbocycles. The summed E-state index contributed by atoms with van der Waals surface area (Å²) in [6.07, 6.45) is 0.959. The van der Waals surface area contributed by atoms with E-state index in [0.29, 0.717) is 23.9 Å². The molecule has 0 radical (unpaired) electrons. The van der Waals surface area contributed by atoms with Crippen molar-refractivity contribution >= 4 is 29.1 Å². The number of anilines is 1. The van der Waals surface area contributed by atoms with Crippen LogP contribution >= 0.6 is 0 Å². The maximum absolute atomic E-state index is 11.8. The molecular formula is C18H26N4O3.